The van der Waals surface area contributed by atoms with Crippen molar-refractivity contribution in [2.24, 2.45) is 0 Å². The molecule has 1 amide bonds. The molecule has 6 nitrogen and oxygen atoms in total. The minimum Gasteiger partial charge on any atom is -0.339 e. The van der Waals surface area contributed by atoms with Crippen molar-refractivity contribution in [1.29, 1.82) is 0 Å². The Labute approximate surface area is 155 Å². The van der Waals surface area contributed by atoms with Gasteiger partial charge in [-0.2, -0.15) is 0 Å². The molecule has 1 unspecified atom stereocenters. The molecule has 0 radical (unpaired) electrons. The molecule has 1 fully saturated rings. The van der Waals surface area contributed by atoms with Crippen molar-refractivity contribution in [2.45, 2.75) is 31.8 Å². The molecule has 2 aromatic heterocycles. The molecular weight excluding hydrogens is 356 g/mol. The van der Waals surface area contributed by atoms with E-state index in [4.69, 9.17) is 0 Å². The number of nitrogens with one attached hydrogen (secondary N) is 1. The van der Waals surface area contributed by atoms with Gasteiger partial charge in [0.1, 0.15) is 10.7 Å². The maximum absolute atomic E-state index is 12.5. The summed E-state index contributed by atoms with van der Waals surface area (Å²) in [4.78, 5) is 38.4. The first-order valence-electron chi connectivity index (χ1n) is 8.44. The summed E-state index contributed by atoms with van der Waals surface area (Å²) < 4.78 is 0. The molecule has 1 saturated heterocycles. The van der Waals surface area contributed by atoms with Crippen LogP contribution in [0.15, 0.2) is 4.79 Å². The predicted molar refractivity (Wildman–Crippen MR) is 105 cm³/mol. The Kier molecular flexibility index (Phi) is 5.50. The number of hydrogen-bond donors (Lipinski definition) is 1. The number of H-pyrrole nitrogens is 1. The number of aryl methyl sites for hydroxylation is 2. The monoisotopic (exact) mass is 380 g/mol. The molecular formula is C17H24N4O2S2. The molecule has 1 N–H and O–H groups in total. The fraction of sp³-hybridized carbons (Fsp3) is 0.588. The number of carbonyl (C=O) groups is 1. The van der Waals surface area contributed by atoms with Gasteiger partial charge in [-0.1, -0.05) is 0 Å². The van der Waals surface area contributed by atoms with Gasteiger partial charge in [0.2, 0.25) is 5.91 Å². The van der Waals surface area contributed by atoms with Crippen LogP contribution in [0.25, 0.3) is 10.2 Å². The van der Waals surface area contributed by atoms with Crippen molar-refractivity contribution in [2.75, 3.05) is 33.2 Å². The molecule has 136 valence electrons. The van der Waals surface area contributed by atoms with Crippen molar-refractivity contribution in [1.82, 2.24) is 19.8 Å². The number of nitrogens with zero attached hydrogens (tertiary/aromatic N) is 3. The third-order valence-corrected chi connectivity index (χ3v) is 6.96. The highest BCUT2D eigenvalue weighted by molar-refractivity contribution is 7.99. The average Bonchev–Trinajstić information content (AvgIpc) is 2.87. The number of piperazine rings is 1. The molecule has 0 spiro atoms. The van der Waals surface area contributed by atoms with Crippen molar-refractivity contribution in [3.05, 3.63) is 26.6 Å². The van der Waals surface area contributed by atoms with Gasteiger partial charge in [0.25, 0.3) is 5.56 Å². The van der Waals surface area contributed by atoms with Crippen LogP contribution in [0.4, 0.5) is 0 Å². The summed E-state index contributed by atoms with van der Waals surface area (Å²) in [6.45, 7) is 9.31. The molecule has 1 aliphatic heterocycles. The van der Waals surface area contributed by atoms with Crippen LogP contribution in [-0.4, -0.2) is 64.2 Å². The molecule has 2 aromatic rings. The summed E-state index contributed by atoms with van der Waals surface area (Å²) >= 11 is 3.08. The van der Waals surface area contributed by atoms with Crippen LogP contribution in [0.5, 0.6) is 0 Å². The van der Waals surface area contributed by atoms with E-state index in [9.17, 15) is 9.59 Å². The number of carbonyl (C=O) groups excluding carboxylic acids is 1. The number of thiophene rings is 1. The number of aromatic nitrogens is 2. The molecule has 3 rings (SSSR count). The van der Waals surface area contributed by atoms with E-state index in [0.29, 0.717) is 17.0 Å². The highest BCUT2D eigenvalue weighted by Crippen LogP contribution is 2.26. The fourth-order valence-electron chi connectivity index (χ4n) is 2.93. The maximum Gasteiger partial charge on any atom is 0.259 e. The second-order valence-electron chi connectivity index (χ2n) is 6.56. The maximum atomic E-state index is 12.5. The standard InChI is InChI=1S/C17H24N4O2S2/c1-10-11(2)25-16-14(10)15(22)18-13(19-16)9-24-12(3)17(23)21-7-5-20(4)6-8-21/h12H,5-9H2,1-4H3,(H,18,19,22). The number of aromatic amines is 1. The number of hydrogen-bond acceptors (Lipinski definition) is 6. The van der Waals surface area contributed by atoms with E-state index in [1.807, 2.05) is 25.7 Å². The van der Waals surface area contributed by atoms with E-state index in [2.05, 4.69) is 21.9 Å². The zero-order valence-electron chi connectivity index (χ0n) is 15.1. The second-order valence-corrected chi connectivity index (χ2v) is 9.09. The minimum absolute atomic E-state index is 0.0829. The third-order valence-electron chi connectivity index (χ3n) is 4.72. The van der Waals surface area contributed by atoms with Crippen LogP contribution in [0.1, 0.15) is 23.2 Å². The van der Waals surface area contributed by atoms with Crippen molar-refractivity contribution < 1.29 is 4.79 Å². The summed E-state index contributed by atoms with van der Waals surface area (Å²) in [5.74, 6) is 1.34. The van der Waals surface area contributed by atoms with Crippen molar-refractivity contribution >= 4 is 39.2 Å². The normalized spacial score (nSPS) is 17.2. The van der Waals surface area contributed by atoms with Crippen LogP contribution in [-0.2, 0) is 10.5 Å². The number of fused-ring (bicyclic) bond motifs is 1. The fourth-order valence-corrected chi connectivity index (χ4v) is 4.81. The average molecular weight is 381 g/mol. The van der Waals surface area contributed by atoms with Crippen molar-refractivity contribution in [3.8, 4) is 0 Å². The summed E-state index contributed by atoms with van der Waals surface area (Å²) in [6.07, 6.45) is 0. The Hall–Kier alpha value is -1.38. The van der Waals surface area contributed by atoms with Crippen LogP contribution < -0.4 is 5.56 Å². The van der Waals surface area contributed by atoms with Gasteiger partial charge >= 0.3 is 0 Å². The van der Waals surface area contributed by atoms with Gasteiger partial charge in [0.15, 0.2) is 0 Å². The smallest absolute Gasteiger partial charge is 0.259 e. The number of thioether (sulfide) groups is 1. The van der Waals surface area contributed by atoms with Gasteiger partial charge in [0, 0.05) is 31.1 Å². The summed E-state index contributed by atoms with van der Waals surface area (Å²) in [6, 6.07) is 0. The first kappa shape index (κ1) is 18.4. The Morgan fingerprint density at radius 1 is 1.32 bits per heavy atom. The SMILES string of the molecule is Cc1sc2nc(CSC(C)C(=O)N3CCN(C)CC3)[nH]c(=O)c2c1C. The van der Waals surface area contributed by atoms with Gasteiger partial charge < -0.3 is 14.8 Å². The minimum atomic E-state index is -0.142. The molecule has 25 heavy (non-hydrogen) atoms. The lowest BCUT2D eigenvalue weighted by molar-refractivity contribution is -0.131. The highest BCUT2D eigenvalue weighted by atomic mass is 32.2. The largest absolute Gasteiger partial charge is 0.339 e. The van der Waals surface area contributed by atoms with E-state index >= 15 is 0 Å². The van der Waals surface area contributed by atoms with Crippen LogP contribution in [0, 0.1) is 13.8 Å². The Morgan fingerprint density at radius 3 is 2.68 bits per heavy atom. The Balaban J connectivity index is 1.66. The summed E-state index contributed by atoms with van der Waals surface area (Å²) in [7, 11) is 2.08. The molecule has 1 atom stereocenters. The van der Waals surface area contributed by atoms with Crippen LogP contribution in [0.2, 0.25) is 0 Å². The number of rotatable bonds is 4. The van der Waals surface area contributed by atoms with E-state index < -0.39 is 0 Å². The summed E-state index contributed by atoms with van der Waals surface area (Å²) in [5, 5.41) is 0.550. The second kappa shape index (κ2) is 7.47. The van der Waals surface area contributed by atoms with Gasteiger partial charge in [-0.15, -0.1) is 23.1 Å². The predicted octanol–water partition coefficient (Wildman–Crippen LogP) is 2.00. The van der Waals surface area contributed by atoms with Crippen LogP contribution >= 0.6 is 23.1 Å². The number of amides is 1. The first-order valence-corrected chi connectivity index (χ1v) is 10.3. The van der Waals surface area contributed by atoms with Gasteiger partial charge in [0.05, 0.1) is 16.4 Å². The van der Waals surface area contributed by atoms with E-state index in [-0.39, 0.29) is 16.7 Å². The molecule has 0 aliphatic carbocycles. The van der Waals surface area contributed by atoms with Gasteiger partial charge in [-0.05, 0) is 33.4 Å². The molecule has 1 aliphatic rings. The quantitative estimate of drug-likeness (QED) is 0.879. The molecule has 0 bridgehead atoms. The van der Waals surface area contributed by atoms with E-state index in [1.54, 1.807) is 11.3 Å². The number of likely N-dealkylation sites (N-methyl/N-ethyl adjacent to an activating group) is 1. The lowest BCUT2D eigenvalue weighted by atomic mass is 10.2. The molecule has 0 saturated carbocycles. The Bertz CT molecular complexity index is 837. The summed E-state index contributed by atoms with van der Waals surface area (Å²) in [5.41, 5.74) is 0.923. The van der Waals surface area contributed by atoms with Gasteiger partial charge in [-0.25, -0.2) is 4.98 Å². The molecule has 0 aromatic carbocycles. The Morgan fingerprint density at radius 2 is 2.00 bits per heavy atom. The van der Waals surface area contributed by atoms with Crippen LogP contribution in [0.3, 0.4) is 0 Å². The topological polar surface area (TPSA) is 69.3 Å². The molecule has 3 heterocycles. The lowest BCUT2D eigenvalue weighted by Crippen LogP contribution is -2.49. The zero-order valence-corrected chi connectivity index (χ0v) is 16.7. The van der Waals surface area contributed by atoms with Gasteiger partial charge in [-0.3, -0.25) is 9.59 Å². The molecule has 8 heteroatoms. The highest BCUT2D eigenvalue weighted by Gasteiger charge is 2.24. The third kappa shape index (κ3) is 3.91. The lowest BCUT2D eigenvalue weighted by Gasteiger charge is -2.33. The van der Waals surface area contributed by atoms with E-state index in [0.717, 1.165) is 41.5 Å². The van der Waals surface area contributed by atoms with Crippen molar-refractivity contribution in [3.63, 3.8) is 0 Å². The van der Waals surface area contributed by atoms with E-state index in [1.165, 1.54) is 11.8 Å². The zero-order chi connectivity index (χ0) is 18.1. The first-order chi connectivity index (χ1) is 11.9.